The van der Waals surface area contributed by atoms with Gasteiger partial charge in [0, 0.05) is 30.0 Å². The summed E-state index contributed by atoms with van der Waals surface area (Å²) in [6, 6.07) is 15.2. The van der Waals surface area contributed by atoms with E-state index in [-0.39, 0.29) is 0 Å². The third-order valence-electron chi connectivity index (χ3n) is 5.67. The minimum atomic E-state index is 0.374. The first-order valence-electron chi connectivity index (χ1n) is 8.30. The Morgan fingerprint density at radius 2 is 2.00 bits per heavy atom. The fourth-order valence-corrected chi connectivity index (χ4v) is 5.09. The molecule has 2 atom stereocenters. The molecule has 0 unspecified atom stereocenters. The molecular formula is C20H21BrClN. The predicted octanol–water partition coefficient (Wildman–Crippen LogP) is 5.65. The molecule has 0 spiro atoms. The first-order valence-corrected chi connectivity index (χ1v) is 9.47. The van der Waals surface area contributed by atoms with Gasteiger partial charge in [0.05, 0.1) is 5.02 Å². The number of likely N-dealkylation sites (tertiary alicyclic amines) is 1. The van der Waals surface area contributed by atoms with E-state index in [2.05, 4.69) is 70.2 Å². The van der Waals surface area contributed by atoms with Crippen LogP contribution in [-0.2, 0) is 13.0 Å². The summed E-state index contributed by atoms with van der Waals surface area (Å²) in [4.78, 5) is 2.62. The molecule has 2 aliphatic rings. The van der Waals surface area contributed by atoms with Crippen molar-refractivity contribution in [1.82, 2.24) is 4.90 Å². The molecule has 1 aliphatic heterocycles. The normalized spacial score (nSPS) is 26.8. The number of nitrogens with zero attached hydrogens (tertiary/aromatic N) is 1. The van der Waals surface area contributed by atoms with Crippen LogP contribution in [0.1, 0.15) is 36.0 Å². The lowest BCUT2D eigenvalue weighted by Crippen LogP contribution is -2.30. The maximum absolute atomic E-state index is 6.55. The van der Waals surface area contributed by atoms with Crippen molar-refractivity contribution in [2.24, 2.45) is 5.41 Å². The van der Waals surface area contributed by atoms with Crippen molar-refractivity contribution in [2.75, 3.05) is 13.1 Å². The molecule has 1 aliphatic carbocycles. The van der Waals surface area contributed by atoms with Crippen LogP contribution in [0.2, 0.25) is 5.02 Å². The zero-order valence-electron chi connectivity index (χ0n) is 13.4. The van der Waals surface area contributed by atoms with Crippen LogP contribution in [-0.4, -0.2) is 18.0 Å². The van der Waals surface area contributed by atoms with Gasteiger partial charge in [0.2, 0.25) is 0 Å². The molecule has 1 fully saturated rings. The highest BCUT2D eigenvalue weighted by molar-refractivity contribution is 9.10. The molecule has 3 heteroatoms. The van der Waals surface area contributed by atoms with Gasteiger partial charge in [0.1, 0.15) is 0 Å². The fraction of sp³-hybridized carbons (Fsp3) is 0.400. The van der Waals surface area contributed by atoms with E-state index in [1.807, 2.05) is 0 Å². The van der Waals surface area contributed by atoms with Crippen molar-refractivity contribution in [1.29, 1.82) is 0 Å². The second-order valence-electron chi connectivity index (χ2n) is 7.29. The standard InChI is InChI=1S/C20H21BrClN/c1-20-10-9-16-15(7-8-18(21)19(16)22)17(20)12-23(13-20)11-14-5-3-2-4-6-14/h2-8,17H,9-13H2,1H3/t17-,20+/m0/s1. The minimum absolute atomic E-state index is 0.374. The Morgan fingerprint density at radius 1 is 1.22 bits per heavy atom. The first kappa shape index (κ1) is 15.7. The molecule has 0 bridgehead atoms. The van der Waals surface area contributed by atoms with Gasteiger partial charge in [0.15, 0.2) is 0 Å². The summed E-state index contributed by atoms with van der Waals surface area (Å²) in [7, 11) is 0. The van der Waals surface area contributed by atoms with Crippen LogP contribution in [0.5, 0.6) is 0 Å². The molecule has 120 valence electrons. The molecule has 0 amide bonds. The van der Waals surface area contributed by atoms with E-state index in [0.717, 1.165) is 29.0 Å². The smallest absolute Gasteiger partial charge is 0.0582 e. The van der Waals surface area contributed by atoms with Gasteiger partial charge in [-0.1, -0.05) is 54.9 Å². The van der Waals surface area contributed by atoms with Crippen LogP contribution in [0.25, 0.3) is 0 Å². The SMILES string of the molecule is C[C@]12CCc3c(ccc(Br)c3Cl)[C@@H]1CN(Cc1ccccc1)C2. The maximum Gasteiger partial charge on any atom is 0.0582 e. The zero-order valence-corrected chi connectivity index (χ0v) is 15.7. The maximum atomic E-state index is 6.55. The highest BCUT2D eigenvalue weighted by Crippen LogP contribution is 2.52. The summed E-state index contributed by atoms with van der Waals surface area (Å²) in [5.41, 5.74) is 4.62. The first-order chi connectivity index (χ1) is 11.1. The monoisotopic (exact) mass is 389 g/mol. The lowest BCUT2D eigenvalue weighted by atomic mass is 9.67. The Labute approximate surface area is 151 Å². The predicted molar refractivity (Wildman–Crippen MR) is 100 cm³/mol. The van der Waals surface area contributed by atoms with E-state index in [1.54, 1.807) is 0 Å². The van der Waals surface area contributed by atoms with Gasteiger partial charge in [-0.05, 0) is 56.9 Å². The molecule has 2 aromatic carbocycles. The highest BCUT2D eigenvalue weighted by atomic mass is 79.9. The van der Waals surface area contributed by atoms with E-state index >= 15 is 0 Å². The van der Waals surface area contributed by atoms with Crippen LogP contribution in [0, 0.1) is 5.41 Å². The van der Waals surface area contributed by atoms with Crippen molar-refractivity contribution in [3.63, 3.8) is 0 Å². The van der Waals surface area contributed by atoms with Crippen molar-refractivity contribution < 1.29 is 0 Å². The number of halogens is 2. The van der Waals surface area contributed by atoms with Gasteiger partial charge in [0.25, 0.3) is 0 Å². The van der Waals surface area contributed by atoms with Crippen LogP contribution >= 0.6 is 27.5 Å². The van der Waals surface area contributed by atoms with E-state index in [0.29, 0.717) is 11.3 Å². The quantitative estimate of drug-likeness (QED) is 0.640. The van der Waals surface area contributed by atoms with Gasteiger partial charge >= 0.3 is 0 Å². The number of rotatable bonds is 2. The van der Waals surface area contributed by atoms with E-state index in [1.165, 1.54) is 29.7 Å². The van der Waals surface area contributed by atoms with Crippen molar-refractivity contribution in [3.05, 3.63) is 68.7 Å². The Morgan fingerprint density at radius 3 is 2.78 bits per heavy atom. The molecule has 1 nitrogen and oxygen atoms in total. The lowest BCUT2D eigenvalue weighted by molar-refractivity contribution is 0.240. The summed E-state index contributed by atoms with van der Waals surface area (Å²) in [5, 5.41) is 0.922. The molecule has 0 radical (unpaired) electrons. The molecule has 2 aromatic rings. The van der Waals surface area contributed by atoms with E-state index in [9.17, 15) is 0 Å². The third kappa shape index (κ3) is 2.75. The Kier molecular flexibility index (Phi) is 4.03. The summed E-state index contributed by atoms with van der Waals surface area (Å²) < 4.78 is 1.03. The van der Waals surface area contributed by atoms with Crippen LogP contribution in [0.15, 0.2) is 46.9 Å². The summed E-state index contributed by atoms with van der Waals surface area (Å²) in [5.74, 6) is 0.598. The molecule has 4 rings (SSSR count). The molecule has 1 saturated heterocycles. The molecule has 0 N–H and O–H groups in total. The molecule has 0 saturated carbocycles. The van der Waals surface area contributed by atoms with Gasteiger partial charge in [-0.25, -0.2) is 0 Å². The Hall–Kier alpha value is -0.830. The number of hydrogen-bond donors (Lipinski definition) is 0. The second kappa shape index (κ2) is 5.91. The summed E-state index contributed by atoms with van der Waals surface area (Å²) >= 11 is 10.1. The lowest BCUT2D eigenvalue weighted by Gasteiger charge is -2.37. The number of fused-ring (bicyclic) bond motifs is 3. The fourth-order valence-electron chi connectivity index (χ4n) is 4.45. The van der Waals surface area contributed by atoms with Crippen molar-refractivity contribution in [3.8, 4) is 0 Å². The number of hydrogen-bond acceptors (Lipinski definition) is 1. The molecule has 0 aromatic heterocycles. The summed E-state index contributed by atoms with van der Waals surface area (Å²) in [6.45, 7) is 5.82. The van der Waals surface area contributed by atoms with Gasteiger partial charge in [-0.15, -0.1) is 0 Å². The van der Waals surface area contributed by atoms with Crippen molar-refractivity contribution >= 4 is 27.5 Å². The largest absolute Gasteiger partial charge is 0.298 e. The van der Waals surface area contributed by atoms with Crippen molar-refractivity contribution in [2.45, 2.75) is 32.2 Å². The summed E-state index contributed by atoms with van der Waals surface area (Å²) in [6.07, 6.45) is 2.33. The topological polar surface area (TPSA) is 3.24 Å². The van der Waals surface area contributed by atoms with E-state index in [4.69, 9.17) is 11.6 Å². The average molecular weight is 391 g/mol. The average Bonchev–Trinajstić information content (AvgIpc) is 2.88. The molecular weight excluding hydrogens is 370 g/mol. The molecule has 1 heterocycles. The third-order valence-corrected chi connectivity index (χ3v) is 6.99. The molecule has 23 heavy (non-hydrogen) atoms. The van der Waals surface area contributed by atoms with Gasteiger partial charge < -0.3 is 0 Å². The van der Waals surface area contributed by atoms with Gasteiger partial charge in [-0.3, -0.25) is 4.90 Å². The second-order valence-corrected chi connectivity index (χ2v) is 8.52. The highest BCUT2D eigenvalue weighted by Gasteiger charge is 2.46. The van der Waals surface area contributed by atoms with E-state index < -0.39 is 0 Å². The van der Waals surface area contributed by atoms with Crippen LogP contribution in [0.3, 0.4) is 0 Å². The van der Waals surface area contributed by atoms with Gasteiger partial charge in [-0.2, -0.15) is 0 Å². The van der Waals surface area contributed by atoms with Crippen LogP contribution < -0.4 is 0 Å². The zero-order chi connectivity index (χ0) is 16.0. The number of benzene rings is 2. The Balaban J connectivity index is 1.63. The minimum Gasteiger partial charge on any atom is -0.298 e. The van der Waals surface area contributed by atoms with Crippen LogP contribution in [0.4, 0.5) is 0 Å². The Bertz CT molecular complexity index is 730.